The molecule has 0 amide bonds. The molecule has 2 aliphatic rings. The molecule has 4 rings (SSSR count). The van der Waals surface area contributed by atoms with E-state index in [4.69, 9.17) is 9.26 Å². The summed E-state index contributed by atoms with van der Waals surface area (Å²) in [5.74, 6) is 1.24. The number of hydrogen-bond donors (Lipinski definition) is 1. The molecule has 1 fully saturated rings. The van der Waals surface area contributed by atoms with Crippen molar-refractivity contribution < 1.29 is 9.26 Å². The average molecular weight is 257 g/mol. The van der Waals surface area contributed by atoms with Crippen LogP contribution < -0.4 is 5.32 Å². The van der Waals surface area contributed by atoms with Crippen molar-refractivity contribution in [2.75, 3.05) is 18.5 Å². The number of aromatic nitrogens is 2. The number of hydrogen-bond acceptors (Lipinski definition) is 5. The standard InChI is InChI=1S/C14H15N3O2/c1-2-12(18-7-1)13-16-14(19-17-13)10-4-3-9-5-6-15-11(9)8-10/h3-4,8,12,15H,1-2,5-7H2. The van der Waals surface area contributed by atoms with Crippen molar-refractivity contribution in [2.24, 2.45) is 0 Å². The van der Waals surface area contributed by atoms with Gasteiger partial charge in [-0.1, -0.05) is 11.2 Å². The molecule has 2 aromatic rings. The van der Waals surface area contributed by atoms with Crippen molar-refractivity contribution in [3.63, 3.8) is 0 Å². The molecule has 98 valence electrons. The summed E-state index contributed by atoms with van der Waals surface area (Å²) in [5, 5.41) is 7.39. The lowest BCUT2D eigenvalue weighted by atomic mass is 10.1. The molecule has 0 saturated carbocycles. The van der Waals surface area contributed by atoms with Crippen molar-refractivity contribution in [1.29, 1.82) is 0 Å². The zero-order valence-electron chi connectivity index (χ0n) is 10.6. The molecule has 0 aliphatic carbocycles. The van der Waals surface area contributed by atoms with E-state index in [1.807, 2.05) is 6.07 Å². The number of benzene rings is 1. The van der Waals surface area contributed by atoms with Crippen LogP contribution >= 0.6 is 0 Å². The first-order valence-electron chi connectivity index (χ1n) is 6.72. The van der Waals surface area contributed by atoms with Crippen molar-refractivity contribution in [1.82, 2.24) is 10.1 Å². The maximum Gasteiger partial charge on any atom is 0.258 e. The lowest BCUT2D eigenvalue weighted by molar-refractivity contribution is 0.103. The van der Waals surface area contributed by atoms with Gasteiger partial charge in [-0.3, -0.25) is 0 Å². The summed E-state index contributed by atoms with van der Waals surface area (Å²) in [6, 6.07) is 6.24. The SMILES string of the molecule is c1cc2c(cc1-c1nc(C3CCCO3)no1)NCC2. The summed E-state index contributed by atoms with van der Waals surface area (Å²) in [6.45, 7) is 1.79. The van der Waals surface area contributed by atoms with Crippen LogP contribution in [0.1, 0.15) is 30.3 Å². The second-order valence-corrected chi connectivity index (χ2v) is 5.01. The maximum absolute atomic E-state index is 5.56. The Morgan fingerprint density at radius 2 is 2.32 bits per heavy atom. The Labute approximate surface area is 111 Å². The molecule has 1 unspecified atom stereocenters. The number of nitrogens with one attached hydrogen (secondary N) is 1. The van der Waals surface area contributed by atoms with Crippen LogP contribution in [0.2, 0.25) is 0 Å². The van der Waals surface area contributed by atoms with E-state index in [1.54, 1.807) is 0 Å². The Balaban J connectivity index is 1.65. The van der Waals surface area contributed by atoms with E-state index < -0.39 is 0 Å². The fourth-order valence-electron chi connectivity index (χ4n) is 2.69. The first-order valence-corrected chi connectivity index (χ1v) is 6.72. The van der Waals surface area contributed by atoms with Gasteiger partial charge in [-0.15, -0.1) is 0 Å². The third-order valence-corrected chi connectivity index (χ3v) is 3.73. The van der Waals surface area contributed by atoms with Crippen molar-refractivity contribution >= 4 is 5.69 Å². The number of anilines is 1. The Morgan fingerprint density at radius 1 is 1.32 bits per heavy atom. The Hall–Kier alpha value is -1.88. The molecule has 1 atom stereocenters. The minimum atomic E-state index is 0.00468. The molecule has 0 bridgehead atoms. The van der Waals surface area contributed by atoms with Gasteiger partial charge in [0.2, 0.25) is 5.82 Å². The first kappa shape index (κ1) is 11.0. The smallest absolute Gasteiger partial charge is 0.258 e. The lowest BCUT2D eigenvalue weighted by Gasteiger charge is -2.02. The topological polar surface area (TPSA) is 60.2 Å². The van der Waals surface area contributed by atoms with Gasteiger partial charge in [0.25, 0.3) is 5.89 Å². The van der Waals surface area contributed by atoms with E-state index in [1.165, 1.54) is 11.3 Å². The van der Waals surface area contributed by atoms with E-state index >= 15 is 0 Å². The predicted octanol–water partition coefficient (Wildman–Crippen LogP) is 2.56. The van der Waals surface area contributed by atoms with Gasteiger partial charge < -0.3 is 14.6 Å². The van der Waals surface area contributed by atoms with Gasteiger partial charge in [-0.25, -0.2) is 0 Å². The quantitative estimate of drug-likeness (QED) is 0.896. The summed E-state index contributed by atoms with van der Waals surface area (Å²) in [6.07, 6.45) is 3.13. The summed E-state index contributed by atoms with van der Waals surface area (Å²) < 4.78 is 10.9. The highest BCUT2D eigenvalue weighted by molar-refractivity contribution is 5.66. The highest BCUT2D eigenvalue weighted by Crippen LogP contribution is 2.31. The lowest BCUT2D eigenvalue weighted by Crippen LogP contribution is -1.97. The fourth-order valence-corrected chi connectivity index (χ4v) is 2.69. The largest absolute Gasteiger partial charge is 0.384 e. The van der Waals surface area contributed by atoms with Gasteiger partial charge in [0, 0.05) is 24.4 Å². The van der Waals surface area contributed by atoms with Crippen LogP contribution in [-0.2, 0) is 11.2 Å². The second-order valence-electron chi connectivity index (χ2n) is 5.01. The molecule has 0 spiro atoms. The Morgan fingerprint density at radius 3 is 3.21 bits per heavy atom. The second kappa shape index (κ2) is 4.35. The van der Waals surface area contributed by atoms with Gasteiger partial charge in [0.15, 0.2) is 0 Å². The van der Waals surface area contributed by atoms with Gasteiger partial charge in [0.1, 0.15) is 6.10 Å². The molecule has 2 aliphatic heterocycles. The van der Waals surface area contributed by atoms with Gasteiger partial charge in [-0.2, -0.15) is 4.98 Å². The van der Waals surface area contributed by atoms with Crippen LogP contribution in [0.3, 0.4) is 0 Å². The highest BCUT2D eigenvalue weighted by Gasteiger charge is 2.23. The molecule has 1 saturated heterocycles. The summed E-state index contributed by atoms with van der Waals surface area (Å²) >= 11 is 0. The van der Waals surface area contributed by atoms with Crippen LogP contribution in [-0.4, -0.2) is 23.3 Å². The van der Waals surface area contributed by atoms with Crippen LogP contribution in [0, 0.1) is 0 Å². The number of nitrogens with zero attached hydrogens (tertiary/aromatic N) is 2. The monoisotopic (exact) mass is 257 g/mol. The predicted molar refractivity (Wildman–Crippen MR) is 69.9 cm³/mol. The number of rotatable bonds is 2. The Kier molecular flexibility index (Phi) is 2.51. The molecule has 19 heavy (non-hydrogen) atoms. The van der Waals surface area contributed by atoms with Crippen molar-refractivity contribution in [2.45, 2.75) is 25.4 Å². The maximum atomic E-state index is 5.56. The molecular weight excluding hydrogens is 242 g/mol. The number of ether oxygens (including phenoxy) is 1. The highest BCUT2D eigenvalue weighted by atomic mass is 16.5. The minimum absolute atomic E-state index is 0.00468. The third-order valence-electron chi connectivity index (χ3n) is 3.73. The summed E-state index contributed by atoms with van der Waals surface area (Å²) in [7, 11) is 0. The molecule has 5 nitrogen and oxygen atoms in total. The molecule has 3 heterocycles. The molecule has 1 aromatic heterocycles. The Bertz CT molecular complexity index is 602. The van der Waals surface area contributed by atoms with E-state index in [0.717, 1.165) is 38.0 Å². The van der Waals surface area contributed by atoms with E-state index in [9.17, 15) is 0 Å². The molecular formula is C14H15N3O2. The van der Waals surface area contributed by atoms with E-state index in [2.05, 4.69) is 27.6 Å². The summed E-state index contributed by atoms with van der Waals surface area (Å²) in [4.78, 5) is 4.46. The zero-order chi connectivity index (χ0) is 12.7. The minimum Gasteiger partial charge on any atom is -0.384 e. The normalized spacial score (nSPS) is 21.4. The van der Waals surface area contributed by atoms with E-state index in [-0.39, 0.29) is 6.10 Å². The molecule has 1 aromatic carbocycles. The van der Waals surface area contributed by atoms with Crippen LogP contribution in [0.15, 0.2) is 22.7 Å². The summed E-state index contributed by atoms with van der Waals surface area (Å²) in [5.41, 5.74) is 3.49. The average Bonchev–Trinajstić information content (AvgIpc) is 3.18. The van der Waals surface area contributed by atoms with E-state index in [0.29, 0.717) is 11.7 Å². The fraction of sp³-hybridized carbons (Fsp3) is 0.429. The van der Waals surface area contributed by atoms with Gasteiger partial charge in [-0.05, 0) is 37.0 Å². The van der Waals surface area contributed by atoms with Crippen molar-refractivity contribution in [3.05, 3.63) is 29.6 Å². The first-order chi connectivity index (χ1) is 9.40. The molecule has 0 radical (unpaired) electrons. The zero-order valence-corrected chi connectivity index (χ0v) is 10.6. The van der Waals surface area contributed by atoms with Crippen molar-refractivity contribution in [3.8, 4) is 11.5 Å². The van der Waals surface area contributed by atoms with Gasteiger partial charge in [0.05, 0.1) is 0 Å². The van der Waals surface area contributed by atoms with Crippen LogP contribution in [0.4, 0.5) is 5.69 Å². The number of fused-ring (bicyclic) bond motifs is 1. The molecule has 1 N–H and O–H groups in total. The van der Waals surface area contributed by atoms with Gasteiger partial charge >= 0.3 is 0 Å². The van der Waals surface area contributed by atoms with Crippen LogP contribution in [0.25, 0.3) is 11.5 Å². The third kappa shape index (κ3) is 1.90. The molecule has 5 heteroatoms. The van der Waals surface area contributed by atoms with Crippen LogP contribution in [0.5, 0.6) is 0 Å².